The van der Waals surface area contributed by atoms with Crippen molar-refractivity contribution in [3.8, 4) is 0 Å². The van der Waals surface area contributed by atoms with Crippen LogP contribution in [0.2, 0.25) is 0 Å². The Hall–Kier alpha value is -1.33. The van der Waals surface area contributed by atoms with Crippen molar-refractivity contribution in [1.82, 2.24) is 4.90 Å². The number of nitrogens with zero attached hydrogens (tertiary/aromatic N) is 1. The van der Waals surface area contributed by atoms with Gasteiger partial charge in [0, 0.05) is 13.2 Å². The second-order valence-corrected chi connectivity index (χ2v) is 4.89. The highest BCUT2D eigenvalue weighted by molar-refractivity contribution is 5.88. The number of carboxylic acid groups (broad SMARTS) is 1. The van der Waals surface area contributed by atoms with Crippen LogP contribution in [0.4, 0.5) is 0 Å². The van der Waals surface area contributed by atoms with E-state index in [1.807, 2.05) is 0 Å². The van der Waals surface area contributed by atoms with Gasteiger partial charge in [-0.3, -0.25) is 4.90 Å². The smallest absolute Gasteiger partial charge is 0.339 e. The number of likely N-dealkylation sites (tertiary alicyclic amines) is 1. The summed E-state index contributed by atoms with van der Waals surface area (Å²) < 4.78 is 5.46. The fraction of sp³-hybridized carbons (Fsp3) is 0.615. The predicted octanol–water partition coefficient (Wildman–Crippen LogP) is 1.49. The molecule has 0 aromatic carbocycles. The third-order valence-electron chi connectivity index (χ3n) is 3.49. The Bertz CT molecular complexity index is 427. The van der Waals surface area contributed by atoms with Gasteiger partial charge in [0.2, 0.25) is 0 Å². The Morgan fingerprint density at radius 2 is 2.39 bits per heavy atom. The highest BCUT2D eigenvalue weighted by Crippen LogP contribution is 2.23. The first kappa shape index (κ1) is 13.1. The lowest BCUT2D eigenvalue weighted by atomic mass is 10.1. The number of carbonyl (C=O) groups is 1. The molecule has 0 aliphatic carbocycles. The van der Waals surface area contributed by atoms with Gasteiger partial charge < -0.3 is 14.6 Å². The highest BCUT2D eigenvalue weighted by atomic mass is 16.4. The van der Waals surface area contributed by atoms with Gasteiger partial charge in [-0.1, -0.05) is 0 Å². The summed E-state index contributed by atoms with van der Waals surface area (Å²) in [7, 11) is 0. The molecule has 0 spiro atoms. The Kier molecular flexibility index (Phi) is 4.04. The van der Waals surface area contributed by atoms with Crippen molar-refractivity contribution >= 4 is 5.97 Å². The summed E-state index contributed by atoms with van der Waals surface area (Å²) in [5, 5.41) is 17.9. The zero-order valence-electron chi connectivity index (χ0n) is 10.6. The van der Waals surface area contributed by atoms with Crippen molar-refractivity contribution in [2.45, 2.75) is 26.3 Å². The van der Waals surface area contributed by atoms with Crippen molar-refractivity contribution in [3.63, 3.8) is 0 Å². The van der Waals surface area contributed by atoms with Crippen LogP contribution in [-0.4, -0.2) is 40.8 Å². The van der Waals surface area contributed by atoms with Crippen molar-refractivity contribution in [1.29, 1.82) is 0 Å². The van der Waals surface area contributed by atoms with Crippen LogP contribution in [-0.2, 0) is 6.54 Å². The van der Waals surface area contributed by atoms with Crippen LogP contribution in [0.5, 0.6) is 0 Å². The molecule has 1 aromatic rings. The first-order valence-corrected chi connectivity index (χ1v) is 6.26. The van der Waals surface area contributed by atoms with Crippen LogP contribution in [0.25, 0.3) is 0 Å². The quantitative estimate of drug-likeness (QED) is 0.831. The van der Waals surface area contributed by atoms with Gasteiger partial charge in [0.15, 0.2) is 0 Å². The van der Waals surface area contributed by atoms with Crippen molar-refractivity contribution in [2.75, 3.05) is 19.7 Å². The van der Waals surface area contributed by atoms with E-state index in [0.29, 0.717) is 24.0 Å². The Labute approximate surface area is 106 Å². The van der Waals surface area contributed by atoms with Gasteiger partial charge in [-0.05, 0) is 38.3 Å². The van der Waals surface area contributed by atoms with Gasteiger partial charge in [-0.2, -0.15) is 0 Å². The highest BCUT2D eigenvalue weighted by Gasteiger charge is 2.23. The number of hydrogen-bond donors (Lipinski definition) is 2. The number of rotatable bonds is 5. The largest absolute Gasteiger partial charge is 0.478 e. The molecule has 18 heavy (non-hydrogen) atoms. The summed E-state index contributed by atoms with van der Waals surface area (Å²) in [4.78, 5) is 13.1. The van der Waals surface area contributed by atoms with Crippen LogP contribution in [0, 0.1) is 12.8 Å². The fourth-order valence-electron chi connectivity index (χ4n) is 2.53. The minimum atomic E-state index is -0.943. The molecule has 1 atom stereocenters. The van der Waals surface area contributed by atoms with E-state index in [9.17, 15) is 4.79 Å². The lowest BCUT2D eigenvalue weighted by molar-refractivity contribution is 0.0695. The number of furan rings is 1. The maximum atomic E-state index is 10.9. The first-order valence-electron chi connectivity index (χ1n) is 6.26. The van der Waals surface area contributed by atoms with E-state index < -0.39 is 5.97 Å². The third kappa shape index (κ3) is 2.91. The van der Waals surface area contributed by atoms with Gasteiger partial charge in [-0.25, -0.2) is 4.79 Å². The van der Waals surface area contributed by atoms with Crippen LogP contribution in [0.15, 0.2) is 10.5 Å². The molecule has 1 aromatic heterocycles. The van der Waals surface area contributed by atoms with Crippen LogP contribution in [0.3, 0.4) is 0 Å². The molecule has 5 nitrogen and oxygen atoms in total. The summed E-state index contributed by atoms with van der Waals surface area (Å²) >= 11 is 0. The summed E-state index contributed by atoms with van der Waals surface area (Å²) in [5.41, 5.74) is 0.246. The van der Waals surface area contributed by atoms with E-state index in [-0.39, 0.29) is 12.2 Å². The molecular weight excluding hydrogens is 234 g/mol. The zero-order chi connectivity index (χ0) is 13.1. The lowest BCUT2D eigenvalue weighted by Crippen LogP contribution is -2.20. The van der Waals surface area contributed by atoms with Crippen molar-refractivity contribution in [3.05, 3.63) is 23.2 Å². The molecule has 1 saturated heterocycles. The SMILES string of the molecule is Cc1oc(CN2CCC(CCO)C2)cc1C(=O)O. The summed E-state index contributed by atoms with van der Waals surface area (Å²) in [6.45, 7) is 4.48. The topological polar surface area (TPSA) is 73.9 Å². The van der Waals surface area contributed by atoms with Crippen LogP contribution >= 0.6 is 0 Å². The molecular formula is C13H19NO4. The van der Waals surface area contributed by atoms with E-state index in [1.54, 1.807) is 13.0 Å². The standard InChI is InChI=1S/C13H19NO4/c1-9-12(13(16)17)6-11(18-9)8-14-4-2-10(7-14)3-5-15/h6,10,15H,2-5,7-8H2,1H3,(H,16,17). The van der Waals surface area contributed by atoms with E-state index >= 15 is 0 Å². The summed E-state index contributed by atoms with van der Waals surface area (Å²) in [6, 6.07) is 1.61. The van der Waals surface area contributed by atoms with E-state index in [2.05, 4.69) is 4.90 Å². The molecule has 0 radical (unpaired) electrons. The maximum absolute atomic E-state index is 10.9. The number of carboxylic acids is 1. The number of aliphatic hydroxyl groups excluding tert-OH is 1. The molecule has 1 fully saturated rings. The number of aryl methyl sites for hydroxylation is 1. The van der Waals surface area contributed by atoms with Crippen molar-refractivity contribution in [2.24, 2.45) is 5.92 Å². The van der Waals surface area contributed by atoms with E-state index in [1.165, 1.54) is 0 Å². The third-order valence-corrected chi connectivity index (χ3v) is 3.49. The predicted molar refractivity (Wildman–Crippen MR) is 65.5 cm³/mol. The number of hydrogen-bond acceptors (Lipinski definition) is 4. The van der Waals surface area contributed by atoms with Crippen LogP contribution < -0.4 is 0 Å². The Balaban J connectivity index is 1.94. The summed E-state index contributed by atoms with van der Waals surface area (Å²) in [5.74, 6) is 0.769. The van der Waals surface area contributed by atoms with Gasteiger partial charge in [0.05, 0.1) is 6.54 Å². The molecule has 2 heterocycles. The zero-order valence-corrected chi connectivity index (χ0v) is 10.6. The molecule has 2 rings (SSSR count). The minimum absolute atomic E-state index is 0.238. The molecule has 0 amide bonds. The van der Waals surface area contributed by atoms with Crippen molar-refractivity contribution < 1.29 is 19.4 Å². The normalized spacial score (nSPS) is 20.4. The van der Waals surface area contributed by atoms with E-state index in [0.717, 1.165) is 25.9 Å². The maximum Gasteiger partial charge on any atom is 0.339 e. The molecule has 0 bridgehead atoms. The Morgan fingerprint density at radius 3 is 3.00 bits per heavy atom. The fourth-order valence-corrected chi connectivity index (χ4v) is 2.53. The minimum Gasteiger partial charge on any atom is -0.478 e. The molecule has 5 heteroatoms. The molecule has 0 saturated carbocycles. The molecule has 1 unspecified atom stereocenters. The Morgan fingerprint density at radius 1 is 1.61 bits per heavy atom. The molecule has 1 aliphatic rings. The van der Waals surface area contributed by atoms with E-state index in [4.69, 9.17) is 14.6 Å². The van der Waals surface area contributed by atoms with Gasteiger partial charge in [0.25, 0.3) is 0 Å². The van der Waals surface area contributed by atoms with Crippen LogP contribution in [0.1, 0.15) is 34.7 Å². The van der Waals surface area contributed by atoms with Gasteiger partial charge in [0.1, 0.15) is 17.1 Å². The second-order valence-electron chi connectivity index (χ2n) is 4.89. The molecule has 1 aliphatic heterocycles. The van der Waals surface area contributed by atoms with Gasteiger partial charge >= 0.3 is 5.97 Å². The average Bonchev–Trinajstić information content (AvgIpc) is 2.87. The van der Waals surface area contributed by atoms with Gasteiger partial charge in [-0.15, -0.1) is 0 Å². The first-order chi connectivity index (χ1) is 8.60. The molecule has 100 valence electrons. The molecule has 2 N–H and O–H groups in total. The monoisotopic (exact) mass is 253 g/mol. The number of aliphatic hydroxyl groups is 1. The second kappa shape index (κ2) is 5.54. The summed E-state index contributed by atoms with van der Waals surface area (Å²) in [6.07, 6.45) is 1.93. The lowest BCUT2D eigenvalue weighted by Gasteiger charge is -2.13. The average molecular weight is 253 g/mol. The number of aromatic carboxylic acids is 1.